The molecule has 0 fully saturated rings. The molecule has 0 radical (unpaired) electrons. The average molecular weight is 287 g/mol. The van der Waals surface area contributed by atoms with E-state index >= 15 is 0 Å². The van der Waals surface area contributed by atoms with E-state index in [-0.39, 0.29) is 24.9 Å². The number of hydrogen-bond donors (Lipinski definition) is 3. The predicted octanol–water partition coefficient (Wildman–Crippen LogP) is 1.57. The lowest BCUT2D eigenvalue weighted by atomic mass is 10.0. The van der Waals surface area contributed by atoms with Gasteiger partial charge in [-0.05, 0) is 38.1 Å². The highest BCUT2D eigenvalue weighted by Gasteiger charge is 2.10. The van der Waals surface area contributed by atoms with Crippen LogP contribution in [0.4, 0.5) is 0 Å². The number of aliphatic hydroxyl groups excluding tert-OH is 1. The van der Waals surface area contributed by atoms with Crippen LogP contribution in [0.2, 0.25) is 0 Å². The van der Waals surface area contributed by atoms with Gasteiger partial charge in [0.2, 0.25) is 5.91 Å². The van der Waals surface area contributed by atoms with Crippen LogP contribution in [0.25, 0.3) is 0 Å². The zero-order valence-corrected chi connectivity index (χ0v) is 12.3. The van der Waals surface area contributed by atoms with Gasteiger partial charge in [-0.25, -0.2) is 0 Å². The summed E-state index contributed by atoms with van der Waals surface area (Å²) in [5.41, 5.74) is 1.91. The van der Waals surface area contributed by atoms with Crippen LogP contribution in [0, 0.1) is 6.92 Å². The summed E-state index contributed by atoms with van der Waals surface area (Å²) in [5, 5.41) is 15.7. The molecule has 3 N–H and O–H groups in total. The van der Waals surface area contributed by atoms with Crippen molar-refractivity contribution >= 4 is 18.3 Å². The Morgan fingerprint density at radius 3 is 2.68 bits per heavy atom. The Bertz CT molecular complexity index is 385. The lowest BCUT2D eigenvalue weighted by molar-refractivity contribution is -0.121. The van der Waals surface area contributed by atoms with Gasteiger partial charge in [0, 0.05) is 13.0 Å². The van der Waals surface area contributed by atoms with Gasteiger partial charge in [-0.3, -0.25) is 4.79 Å². The van der Waals surface area contributed by atoms with Crippen molar-refractivity contribution < 1.29 is 9.90 Å². The first-order valence-corrected chi connectivity index (χ1v) is 6.30. The third-order valence-electron chi connectivity index (χ3n) is 2.87. The van der Waals surface area contributed by atoms with Gasteiger partial charge in [-0.1, -0.05) is 24.3 Å². The van der Waals surface area contributed by atoms with E-state index in [1.165, 1.54) is 0 Å². The van der Waals surface area contributed by atoms with Gasteiger partial charge in [0.05, 0.1) is 6.10 Å². The molecule has 1 amide bonds. The molecule has 0 aromatic heterocycles. The minimum absolute atomic E-state index is 0. The molecule has 1 rings (SSSR count). The summed E-state index contributed by atoms with van der Waals surface area (Å²) in [6.45, 7) is 3.05. The lowest BCUT2D eigenvalue weighted by Crippen LogP contribution is -2.29. The van der Waals surface area contributed by atoms with Crippen LogP contribution < -0.4 is 10.6 Å². The third kappa shape index (κ3) is 6.57. The number of carbonyl (C=O) groups is 1. The summed E-state index contributed by atoms with van der Waals surface area (Å²) < 4.78 is 0. The smallest absolute Gasteiger partial charge is 0.220 e. The Balaban J connectivity index is 0.00000324. The molecule has 0 aliphatic heterocycles. The summed E-state index contributed by atoms with van der Waals surface area (Å²) in [6, 6.07) is 7.66. The summed E-state index contributed by atoms with van der Waals surface area (Å²) in [7, 11) is 1.86. The Labute approximate surface area is 121 Å². The summed E-state index contributed by atoms with van der Waals surface area (Å²) in [6.07, 6.45) is 0.656. The number of aliphatic hydroxyl groups is 1. The molecule has 1 aromatic rings. The van der Waals surface area contributed by atoms with Crippen molar-refractivity contribution in [1.29, 1.82) is 0 Å². The molecule has 1 atom stereocenters. The fourth-order valence-electron chi connectivity index (χ4n) is 1.80. The van der Waals surface area contributed by atoms with Crippen LogP contribution in [0.15, 0.2) is 24.3 Å². The van der Waals surface area contributed by atoms with Crippen molar-refractivity contribution in [3.63, 3.8) is 0 Å². The summed E-state index contributed by atoms with van der Waals surface area (Å²) >= 11 is 0. The van der Waals surface area contributed by atoms with Crippen molar-refractivity contribution in [2.75, 3.05) is 20.1 Å². The number of carbonyl (C=O) groups excluding carboxylic acids is 1. The molecule has 0 spiro atoms. The molecule has 0 saturated carbocycles. The Morgan fingerprint density at radius 1 is 1.37 bits per heavy atom. The number of benzene rings is 1. The molecule has 1 unspecified atom stereocenters. The predicted molar refractivity (Wildman–Crippen MR) is 79.6 cm³/mol. The van der Waals surface area contributed by atoms with Crippen LogP contribution >= 0.6 is 12.4 Å². The van der Waals surface area contributed by atoms with Gasteiger partial charge < -0.3 is 15.7 Å². The van der Waals surface area contributed by atoms with E-state index in [0.29, 0.717) is 6.42 Å². The second-order valence-electron chi connectivity index (χ2n) is 4.38. The molecule has 0 saturated heterocycles. The fourth-order valence-corrected chi connectivity index (χ4v) is 1.80. The van der Waals surface area contributed by atoms with Crippen LogP contribution in [0.3, 0.4) is 0 Å². The Hall–Kier alpha value is -1.10. The van der Waals surface area contributed by atoms with Crippen LogP contribution in [0.1, 0.15) is 30.1 Å². The van der Waals surface area contributed by atoms with Gasteiger partial charge in [0.15, 0.2) is 0 Å². The number of hydrogen-bond acceptors (Lipinski definition) is 3. The molecule has 19 heavy (non-hydrogen) atoms. The van der Waals surface area contributed by atoms with E-state index in [4.69, 9.17) is 0 Å². The van der Waals surface area contributed by atoms with Crippen molar-refractivity contribution in [3.8, 4) is 0 Å². The monoisotopic (exact) mass is 286 g/mol. The minimum atomic E-state index is -0.639. The molecule has 4 nitrogen and oxygen atoms in total. The molecular weight excluding hydrogens is 264 g/mol. The topological polar surface area (TPSA) is 61.4 Å². The molecule has 108 valence electrons. The Kier molecular flexibility index (Phi) is 9.21. The van der Waals surface area contributed by atoms with Gasteiger partial charge >= 0.3 is 0 Å². The zero-order chi connectivity index (χ0) is 13.4. The maximum absolute atomic E-state index is 11.5. The van der Waals surface area contributed by atoms with E-state index in [2.05, 4.69) is 10.6 Å². The number of nitrogens with one attached hydrogen (secondary N) is 2. The van der Waals surface area contributed by atoms with E-state index < -0.39 is 6.10 Å². The standard InChI is InChI=1S/C14H22N2O2.ClH/c1-11-6-3-4-7-12(11)13(17)10-16-14(18)8-5-9-15-2;/h3-4,6-7,13,15,17H,5,8-10H2,1-2H3,(H,16,18);1H. The highest BCUT2D eigenvalue weighted by atomic mass is 35.5. The van der Waals surface area contributed by atoms with Crippen molar-refractivity contribution in [2.24, 2.45) is 0 Å². The molecule has 1 aromatic carbocycles. The van der Waals surface area contributed by atoms with E-state index in [1.807, 2.05) is 38.2 Å². The number of rotatable bonds is 7. The maximum atomic E-state index is 11.5. The van der Waals surface area contributed by atoms with Crippen molar-refractivity contribution in [1.82, 2.24) is 10.6 Å². The Morgan fingerprint density at radius 2 is 2.05 bits per heavy atom. The largest absolute Gasteiger partial charge is 0.387 e. The quantitative estimate of drug-likeness (QED) is 0.667. The molecule has 0 aliphatic rings. The van der Waals surface area contributed by atoms with Crippen LogP contribution in [-0.2, 0) is 4.79 Å². The van der Waals surface area contributed by atoms with Gasteiger partial charge in [0.25, 0.3) is 0 Å². The highest BCUT2D eigenvalue weighted by molar-refractivity contribution is 5.85. The van der Waals surface area contributed by atoms with Gasteiger partial charge in [-0.15, -0.1) is 12.4 Å². The molecule has 0 heterocycles. The highest BCUT2D eigenvalue weighted by Crippen LogP contribution is 2.16. The first kappa shape index (κ1) is 17.9. The van der Waals surface area contributed by atoms with E-state index in [0.717, 1.165) is 24.1 Å². The molecule has 0 aliphatic carbocycles. The number of halogens is 1. The van der Waals surface area contributed by atoms with Crippen LogP contribution in [0.5, 0.6) is 0 Å². The average Bonchev–Trinajstić information content (AvgIpc) is 2.37. The molecule has 5 heteroatoms. The molecular formula is C14H23ClN2O2. The van der Waals surface area contributed by atoms with Gasteiger partial charge in [0.1, 0.15) is 0 Å². The number of aryl methyl sites for hydroxylation is 1. The summed E-state index contributed by atoms with van der Waals surface area (Å²) in [4.78, 5) is 11.5. The van der Waals surface area contributed by atoms with E-state index in [1.54, 1.807) is 0 Å². The maximum Gasteiger partial charge on any atom is 0.220 e. The third-order valence-corrected chi connectivity index (χ3v) is 2.87. The lowest BCUT2D eigenvalue weighted by Gasteiger charge is -2.14. The van der Waals surface area contributed by atoms with Crippen molar-refractivity contribution in [3.05, 3.63) is 35.4 Å². The van der Waals surface area contributed by atoms with Gasteiger partial charge in [-0.2, -0.15) is 0 Å². The normalized spacial score (nSPS) is 11.5. The first-order valence-electron chi connectivity index (χ1n) is 6.30. The summed E-state index contributed by atoms with van der Waals surface area (Å²) in [5.74, 6) is -0.0158. The second kappa shape index (κ2) is 9.78. The van der Waals surface area contributed by atoms with Crippen molar-refractivity contribution in [2.45, 2.75) is 25.9 Å². The minimum Gasteiger partial charge on any atom is -0.387 e. The number of amides is 1. The SMILES string of the molecule is CNCCCC(=O)NCC(O)c1ccccc1C.Cl. The van der Waals surface area contributed by atoms with E-state index in [9.17, 15) is 9.90 Å². The zero-order valence-electron chi connectivity index (χ0n) is 11.5. The fraction of sp³-hybridized carbons (Fsp3) is 0.500. The second-order valence-corrected chi connectivity index (χ2v) is 4.38. The molecule has 0 bridgehead atoms. The first-order chi connectivity index (χ1) is 8.65. The van der Waals surface area contributed by atoms with Crippen LogP contribution in [-0.4, -0.2) is 31.2 Å².